The minimum absolute atomic E-state index is 0.157. The molecule has 1 N–H and O–H groups in total. The van der Waals surface area contributed by atoms with Gasteiger partial charge in [0.25, 0.3) is 5.91 Å². The molecule has 0 aliphatic heterocycles. The molecule has 1 amide bonds. The first kappa shape index (κ1) is 24.9. The fraction of sp³-hybridized carbons (Fsp3) is 0.174. The van der Waals surface area contributed by atoms with E-state index in [0.717, 1.165) is 22.5 Å². The molecule has 0 saturated carbocycles. The number of aryl methyl sites for hydroxylation is 2. The second-order valence-electron chi connectivity index (χ2n) is 6.89. The van der Waals surface area contributed by atoms with Crippen LogP contribution in [-0.4, -0.2) is 27.8 Å². The number of nitrogens with zero attached hydrogens (tertiary/aromatic N) is 4. The molecule has 0 aliphatic rings. The van der Waals surface area contributed by atoms with Crippen LogP contribution in [0.2, 0.25) is 0 Å². The lowest BCUT2D eigenvalue weighted by Gasteiger charge is -2.12. The van der Waals surface area contributed by atoms with Crippen molar-refractivity contribution in [3.63, 3.8) is 0 Å². The molecule has 168 valence electrons. The van der Waals surface area contributed by atoms with E-state index in [-0.39, 0.29) is 18.3 Å². The number of hydrazone groups is 1. The lowest BCUT2D eigenvalue weighted by atomic mass is 10.1. The van der Waals surface area contributed by atoms with E-state index in [1.807, 2.05) is 50.2 Å². The second kappa shape index (κ2) is 11.9. The van der Waals surface area contributed by atoms with Crippen LogP contribution in [0.3, 0.4) is 0 Å². The summed E-state index contributed by atoms with van der Waals surface area (Å²) in [6.07, 6.45) is 1.54. The maximum atomic E-state index is 12.1. The van der Waals surface area contributed by atoms with Crippen molar-refractivity contribution in [3.8, 4) is 11.8 Å². The van der Waals surface area contributed by atoms with E-state index < -0.39 is 0 Å². The number of nitriles is 1. The third-order valence-electron chi connectivity index (χ3n) is 4.23. The topological polar surface area (TPSA) is 100 Å². The Balaban J connectivity index is 1.56. The van der Waals surface area contributed by atoms with Gasteiger partial charge >= 0.3 is 0 Å². The van der Waals surface area contributed by atoms with Gasteiger partial charge < -0.3 is 4.74 Å². The number of thioether (sulfide) groups is 1. The molecule has 0 saturated heterocycles. The molecule has 0 fully saturated rings. The summed E-state index contributed by atoms with van der Waals surface area (Å²) in [7, 11) is 0. The van der Waals surface area contributed by atoms with E-state index in [2.05, 4.69) is 58.4 Å². The van der Waals surface area contributed by atoms with Gasteiger partial charge in [-0.1, -0.05) is 30.0 Å². The van der Waals surface area contributed by atoms with Crippen molar-refractivity contribution in [2.45, 2.75) is 25.6 Å². The van der Waals surface area contributed by atoms with Gasteiger partial charge in [0, 0.05) is 17.0 Å². The average molecular weight is 589 g/mol. The zero-order chi connectivity index (χ0) is 23.8. The Labute approximate surface area is 212 Å². The molecule has 0 atom stereocenters. The predicted octanol–water partition coefficient (Wildman–Crippen LogP) is 5.31. The molecule has 1 aromatic heterocycles. The molecule has 3 rings (SSSR count). The number of benzene rings is 2. The van der Waals surface area contributed by atoms with E-state index >= 15 is 0 Å². The Bertz CT molecular complexity index is 1200. The zero-order valence-corrected chi connectivity index (χ0v) is 21.8. The van der Waals surface area contributed by atoms with Gasteiger partial charge in [-0.2, -0.15) is 10.4 Å². The molecule has 33 heavy (non-hydrogen) atoms. The lowest BCUT2D eigenvalue weighted by Crippen LogP contribution is -2.19. The van der Waals surface area contributed by atoms with Crippen LogP contribution in [0.4, 0.5) is 0 Å². The average Bonchev–Trinajstić information content (AvgIpc) is 2.77. The van der Waals surface area contributed by atoms with Gasteiger partial charge in [0.2, 0.25) is 0 Å². The predicted molar refractivity (Wildman–Crippen MR) is 135 cm³/mol. The van der Waals surface area contributed by atoms with E-state index in [4.69, 9.17) is 4.74 Å². The van der Waals surface area contributed by atoms with E-state index in [9.17, 15) is 10.1 Å². The molecule has 0 spiro atoms. The third kappa shape index (κ3) is 7.39. The van der Waals surface area contributed by atoms with E-state index in [1.165, 1.54) is 11.8 Å². The molecule has 0 bridgehead atoms. The molecule has 0 radical (unpaired) electrons. The van der Waals surface area contributed by atoms with Crippen molar-refractivity contribution in [1.82, 2.24) is 15.4 Å². The molecule has 3 aromatic rings. The summed E-state index contributed by atoms with van der Waals surface area (Å²) >= 11 is 8.26. The van der Waals surface area contributed by atoms with Gasteiger partial charge in [-0.25, -0.2) is 15.4 Å². The normalized spacial score (nSPS) is 10.8. The number of carbonyl (C=O) groups is 1. The second-order valence-corrected chi connectivity index (χ2v) is 9.54. The summed E-state index contributed by atoms with van der Waals surface area (Å²) < 4.78 is 7.33. The summed E-state index contributed by atoms with van der Waals surface area (Å²) in [6.45, 7) is 4.04. The molecule has 1 heterocycles. The van der Waals surface area contributed by atoms with Crippen molar-refractivity contribution < 1.29 is 9.53 Å². The Hall–Kier alpha value is -2.74. The van der Waals surface area contributed by atoms with Crippen LogP contribution in [0.1, 0.15) is 28.1 Å². The highest BCUT2D eigenvalue weighted by atomic mass is 79.9. The number of aromatic nitrogens is 2. The Morgan fingerprint density at radius 2 is 1.85 bits per heavy atom. The number of nitrogens with one attached hydrogen (secondary N) is 1. The molecule has 7 nitrogen and oxygen atoms in total. The Morgan fingerprint density at radius 3 is 2.52 bits per heavy atom. The summed E-state index contributed by atoms with van der Waals surface area (Å²) in [5, 5.41) is 13.8. The molecule has 10 heteroatoms. The number of hydrogen-bond donors (Lipinski definition) is 1. The van der Waals surface area contributed by atoms with Gasteiger partial charge in [-0.05, 0) is 75.5 Å². The van der Waals surface area contributed by atoms with Crippen LogP contribution >= 0.6 is 43.6 Å². The smallest absolute Gasteiger partial charge is 0.250 e. The van der Waals surface area contributed by atoms with Crippen molar-refractivity contribution in [2.24, 2.45) is 5.10 Å². The van der Waals surface area contributed by atoms with Crippen LogP contribution in [0.5, 0.6) is 5.75 Å². The van der Waals surface area contributed by atoms with Crippen LogP contribution in [0.15, 0.2) is 61.7 Å². The molecular formula is C23H19Br2N5O2S. The van der Waals surface area contributed by atoms with E-state index in [0.29, 0.717) is 25.4 Å². The molecule has 2 aromatic carbocycles. The van der Waals surface area contributed by atoms with E-state index in [1.54, 1.807) is 12.3 Å². The summed E-state index contributed by atoms with van der Waals surface area (Å²) in [4.78, 5) is 20.7. The highest BCUT2D eigenvalue weighted by Crippen LogP contribution is 2.35. The van der Waals surface area contributed by atoms with Crippen LogP contribution in [0, 0.1) is 25.2 Å². The first-order valence-electron chi connectivity index (χ1n) is 9.72. The number of carbonyl (C=O) groups excluding carboxylic acids is 1. The largest absolute Gasteiger partial charge is 0.486 e. The fourth-order valence-electron chi connectivity index (χ4n) is 2.80. The van der Waals surface area contributed by atoms with Crippen molar-refractivity contribution >= 4 is 55.7 Å². The Morgan fingerprint density at radius 1 is 1.18 bits per heavy atom. The van der Waals surface area contributed by atoms with Gasteiger partial charge in [0.05, 0.1) is 32.5 Å². The van der Waals surface area contributed by atoms with Gasteiger partial charge in [-0.3, -0.25) is 4.79 Å². The first-order chi connectivity index (χ1) is 15.9. The molecule has 0 aliphatic carbocycles. The Kier molecular flexibility index (Phi) is 9.00. The lowest BCUT2D eigenvalue weighted by molar-refractivity contribution is -0.118. The maximum Gasteiger partial charge on any atom is 0.250 e. The number of amides is 1. The van der Waals surface area contributed by atoms with Gasteiger partial charge in [-0.15, -0.1) is 0 Å². The SMILES string of the molecule is Cc1cc(C)nc(SCC(=O)N/N=C\c2cc(Br)c(OCc3ccccc3C#N)c(Br)c2)n1. The maximum absolute atomic E-state index is 12.1. The van der Waals surface area contributed by atoms with Crippen molar-refractivity contribution in [3.05, 3.63) is 79.5 Å². The molecule has 0 unspecified atom stereocenters. The van der Waals surface area contributed by atoms with Gasteiger partial charge in [0.1, 0.15) is 12.4 Å². The van der Waals surface area contributed by atoms with Crippen molar-refractivity contribution in [1.29, 1.82) is 5.26 Å². The monoisotopic (exact) mass is 587 g/mol. The standard InChI is InChI=1S/C23H19Br2N5O2S/c1-14-7-15(2)29-23(28-14)33-13-21(31)30-27-11-16-8-19(24)22(20(25)9-16)32-12-18-6-4-3-5-17(18)10-26/h3-9,11H,12-13H2,1-2H3,(H,30,31)/b27-11-. The fourth-order valence-corrected chi connectivity index (χ4v) is 4.99. The van der Waals surface area contributed by atoms with Crippen LogP contribution in [0.25, 0.3) is 0 Å². The minimum atomic E-state index is -0.256. The minimum Gasteiger partial charge on any atom is -0.486 e. The summed E-state index contributed by atoms with van der Waals surface area (Å²) in [5.41, 5.74) is 6.36. The summed E-state index contributed by atoms with van der Waals surface area (Å²) in [6, 6.07) is 15.0. The highest BCUT2D eigenvalue weighted by Gasteiger charge is 2.11. The van der Waals surface area contributed by atoms with Gasteiger partial charge in [0.15, 0.2) is 5.16 Å². The zero-order valence-electron chi connectivity index (χ0n) is 17.8. The first-order valence-corrected chi connectivity index (χ1v) is 12.3. The number of rotatable bonds is 8. The number of ether oxygens (including phenoxy) is 1. The quantitative estimate of drug-likeness (QED) is 0.166. The number of hydrogen-bond acceptors (Lipinski definition) is 7. The highest BCUT2D eigenvalue weighted by molar-refractivity contribution is 9.11. The van der Waals surface area contributed by atoms with Crippen LogP contribution < -0.4 is 10.2 Å². The molecular weight excluding hydrogens is 570 g/mol. The van der Waals surface area contributed by atoms with Crippen molar-refractivity contribution in [2.75, 3.05) is 5.75 Å². The van der Waals surface area contributed by atoms with Crippen LogP contribution in [-0.2, 0) is 11.4 Å². The summed E-state index contributed by atoms with van der Waals surface area (Å²) in [5.74, 6) is 0.506. The number of halogens is 2. The third-order valence-corrected chi connectivity index (χ3v) is 6.25.